The van der Waals surface area contributed by atoms with E-state index in [1.54, 1.807) is 12.4 Å². The zero-order chi connectivity index (χ0) is 15.6. The van der Waals surface area contributed by atoms with Crippen molar-refractivity contribution in [2.75, 3.05) is 11.9 Å². The highest BCUT2D eigenvalue weighted by Crippen LogP contribution is 2.24. The minimum absolute atomic E-state index is 0.111. The van der Waals surface area contributed by atoms with Crippen LogP contribution >= 0.6 is 0 Å². The number of nitrogens with zero attached hydrogens (tertiary/aromatic N) is 2. The number of carbonyl (C=O) groups excluding carboxylic acids is 1. The van der Waals surface area contributed by atoms with Crippen molar-refractivity contribution in [1.82, 2.24) is 15.3 Å². The zero-order valence-corrected chi connectivity index (χ0v) is 12.5. The minimum Gasteiger partial charge on any atom is -0.446 e. The number of hydrogen-bond donors (Lipinski definition) is 2. The Morgan fingerprint density at radius 3 is 3.17 bits per heavy atom. The second kappa shape index (κ2) is 5.81. The van der Waals surface area contributed by atoms with Crippen molar-refractivity contribution in [1.29, 1.82) is 0 Å². The van der Waals surface area contributed by atoms with Crippen LogP contribution in [-0.4, -0.2) is 22.4 Å². The SMILES string of the molecule is O=C(Nc1cccc2cnccc12)c1coc([C@@H]2CCCN2)n1. The molecular formula is C17H16N4O2. The molecule has 23 heavy (non-hydrogen) atoms. The van der Waals surface area contributed by atoms with E-state index in [0.29, 0.717) is 11.6 Å². The molecule has 0 bridgehead atoms. The summed E-state index contributed by atoms with van der Waals surface area (Å²) in [6.07, 6.45) is 6.97. The first-order chi connectivity index (χ1) is 11.3. The monoisotopic (exact) mass is 308 g/mol. The second-order valence-electron chi connectivity index (χ2n) is 5.58. The molecule has 0 radical (unpaired) electrons. The Morgan fingerprint density at radius 1 is 1.35 bits per heavy atom. The van der Waals surface area contributed by atoms with Gasteiger partial charge >= 0.3 is 0 Å². The van der Waals surface area contributed by atoms with Gasteiger partial charge in [-0.3, -0.25) is 9.78 Å². The third-order valence-corrected chi connectivity index (χ3v) is 4.04. The first kappa shape index (κ1) is 13.9. The van der Waals surface area contributed by atoms with Gasteiger partial charge in [0.05, 0.1) is 6.04 Å². The van der Waals surface area contributed by atoms with Crippen LogP contribution in [0, 0.1) is 0 Å². The molecule has 1 aliphatic rings. The molecule has 6 nitrogen and oxygen atoms in total. The van der Waals surface area contributed by atoms with Gasteiger partial charge in [-0.2, -0.15) is 0 Å². The number of fused-ring (bicyclic) bond motifs is 1. The van der Waals surface area contributed by atoms with E-state index in [4.69, 9.17) is 4.42 Å². The van der Waals surface area contributed by atoms with Crippen LogP contribution in [0.1, 0.15) is 35.3 Å². The zero-order valence-electron chi connectivity index (χ0n) is 12.5. The van der Waals surface area contributed by atoms with Crippen molar-refractivity contribution < 1.29 is 9.21 Å². The van der Waals surface area contributed by atoms with Gasteiger partial charge in [-0.05, 0) is 31.5 Å². The Hall–Kier alpha value is -2.73. The highest BCUT2D eigenvalue weighted by atomic mass is 16.3. The molecule has 116 valence electrons. The third-order valence-electron chi connectivity index (χ3n) is 4.04. The lowest BCUT2D eigenvalue weighted by molar-refractivity contribution is 0.102. The molecule has 1 atom stereocenters. The molecule has 1 fully saturated rings. The minimum atomic E-state index is -0.276. The number of rotatable bonds is 3. The molecule has 0 saturated carbocycles. The number of pyridine rings is 1. The van der Waals surface area contributed by atoms with E-state index < -0.39 is 0 Å². The fraction of sp³-hybridized carbons (Fsp3) is 0.235. The average Bonchev–Trinajstić information content (AvgIpc) is 3.26. The maximum absolute atomic E-state index is 12.4. The number of anilines is 1. The van der Waals surface area contributed by atoms with Crippen LogP contribution in [0.2, 0.25) is 0 Å². The maximum atomic E-state index is 12.4. The topological polar surface area (TPSA) is 80.0 Å². The van der Waals surface area contributed by atoms with Crippen molar-refractivity contribution in [3.05, 3.63) is 54.5 Å². The molecule has 1 aromatic carbocycles. The van der Waals surface area contributed by atoms with Gasteiger partial charge in [-0.25, -0.2) is 4.98 Å². The fourth-order valence-electron chi connectivity index (χ4n) is 2.87. The maximum Gasteiger partial charge on any atom is 0.277 e. The quantitative estimate of drug-likeness (QED) is 0.777. The van der Waals surface area contributed by atoms with Crippen LogP contribution in [0.3, 0.4) is 0 Å². The second-order valence-corrected chi connectivity index (χ2v) is 5.58. The smallest absolute Gasteiger partial charge is 0.277 e. The van der Waals surface area contributed by atoms with Gasteiger partial charge in [0.2, 0.25) is 5.89 Å². The molecule has 3 heterocycles. The first-order valence-electron chi connectivity index (χ1n) is 7.64. The summed E-state index contributed by atoms with van der Waals surface area (Å²) >= 11 is 0. The summed E-state index contributed by atoms with van der Waals surface area (Å²) in [5.41, 5.74) is 1.03. The number of oxazole rings is 1. The van der Waals surface area contributed by atoms with Crippen LogP contribution in [0.5, 0.6) is 0 Å². The summed E-state index contributed by atoms with van der Waals surface area (Å²) in [5.74, 6) is 0.303. The Labute approximate surface area is 132 Å². The Morgan fingerprint density at radius 2 is 2.30 bits per heavy atom. The van der Waals surface area contributed by atoms with Crippen LogP contribution in [-0.2, 0) is 0 Å². The lowest BCUT2D eigenvalue weighted by Gasteiger charge is -2.07. The highest BCUT2D eigenvalue weighted by molar-refractivity contribution is 6.07. The number of aromatic nitrogens is 2. The van der Waals surface area contributed by atoms with Crippen molar-refractivity contribution in [2.24, 2.45) is 0 Å². The molecule has 0 aliphatic carbocycles. The normalized spacial score (nSPS) is 17.5. The molecule has 1 saturated heterocycles. The summed E-state index contributed by atoms with van der Waals surface area (Å²) in [4.78, 5) is 20.8. The van der Waals surface area contributed by atoms with Gasteiger partial charge in [0, 0.05) is 28.9 Å². The van der Waals surface area contributed by atoms with Crippen LogP contribution in [0.4, 0.5) is 5.69 Å². The number of amides is 1. The van der Waals surface area contributed by atoms with Crippen LogP contribution in [0.15, 0.2) is 47.3 Å². The van der Waals surface area contributed by atoms with E-state index in [1.165, 1.54) is 6.26 Å². The number of carbonyl (C=O) groups is 1. The molecule has 2 N–H and O–H groups in total. The summed E-state index contributed by atoms with van der Waals surface area (Å²) < 4.78 is 5.45. The lowest BCUT2D eigenvalue weighted by Crippen LogP contribution is -2.15. The van der Waals surface area contributed by atoms with E-state index in [2.05, 4.69) is 20.6 Å². The summed E-state index contributed by atoms with van der Waals surface area (Å²) in [5, 5.41) is 8.11. The van der Waals surface area contributed by atoms with Gasteiger partial charge in [0.25, 0.3) is 5.91 Å². The van der Waals surface area contributed by atoms with E-state index in [1.807, 2.05) is 24.3 Å². The lowest BCUT2D eigenvalue weighted by atomic mass is 10.1. The van der Waals surface area contributed by atoms with Crippen molar-refractivity contribution in [3.63, 3.8) is 0 Å². The molecule has 0 spiro atoms. The molecule has 0 unspecified atom stereocenters. The van der Waals surface area contributed by atoms with Crippen molar-refractivity contribution in [2.45, 2.75) is 18.9 Å². The van der Waals surface area contributed by atoms with E-state index in [-0.39, 0.29) is 11.9 Å². The molecule has 3 aromatic rings. The van der Waals surface area contributed by atoms with Gasteiger partial charge < -0.3 is 15.1 Å². The fourth-order valence-corrected chi connectivity index (χ4v) is 2.87. The molecule has 6 heteroatoms. The Bertz CT molecular complexity index is 847. The van der Waals surface area contributed by atoms with Crippen LogP contribution < -0.4 is 10.6 Å². The molecular weight excluding hydrogens is 292 g/mol. The number of nitrogens with one attached hydrogen (secondary N) is 2. The van der Waals surface area contributed by atoms with Crippen LogP contribution in [0.25, 0.3) is 10.8 Å². The van der Waals surface area contributed by atoms with Crippen molar-refractivity contribution >= 4 is 22.4 Å². The third kappa shape index (κ3) is 2.68. The van der Waals surface area contributed by atoms with Gasteiger partial charge in [0.1, 0.15) is 6.26 Å². The Balaban J connectivity index is 1.57. The summed E-state index contributed by atoms with van der Waals surface area (Å²) in [6, 6.07) is 7.69. The first-order valence-corrected chi connectivity index (χ1v) is 7.64. The van der Waals surface area contributed by atoms with Gasteiger partial charge in [-0.1, -0.05) is 12.1 Å². The standard InChI is InChI=1S/C17H16N4O2/c22-16(15-10-23-17(21-15)14-5-2-7-19-14)20-13-4-1-3-11-9-18-8-6-12(11)13/h1,3-4,6,8-10,14,19H,2,5,7H2,(H,20,22)/t14-/m0/s1. The van der Waals surface area contributed by atoms with Gasteiger partial charge in [-0.15, -0.1) is 0 Å². The molecule has 2 aromatic heterocycles. The predicted molar refractivity (Wildman–Crippen MR) is 86.2 cm³/mol. The number of hydrogen-bond acceptors (Lipinski definition) is 5. The van der Waals surface area contributed by atoms with E-state index in [0.717, 1.165) is 35.8 Å². The average molecular weight is 308 g/mol. The largest absolute Gasteiger partial charge is 0.446 e. The van der Waals surface area contributed by atoms with Crippen molar-refractivity contribution in [3.8, 4) is 0 Å². The Kier molecular flexibility index (Phi) is 3.51. The molecule has 4 rings (SSSR count). The predicted octanol–water partition coefficient (Wildman–Crippen LogP) is 2.90. The summed E-state index contributed by atoms with van der Waals surface area (Å²) in [6.45, 7) is 0.957. The highest BCUT2D eigenvalue weighted by Gasteiger charge is 2.23. The van der Waals surface area contributed by atoms with Gasteiger partial charge in [0.15, 0.2) is 5.69 Å². The van der Waals surface area contributed by atoms with E-state index >= 15 is 0 Å². The summed E-state index contributed by atoms with van der Waals surface area (Å²) in [7, 11) is 0. The molecule has 1 amide bonds. The number of benzene rings is 1. The molecule has 1 aliphatic heterocycles. The van der Waals surface area contributed by atoms with E-state index in [9.17, 15) is 4.79 Å².